The molecule has 1 saturated heterocycles. The molecule has 168 valence electrons. The summed E-state index contributed by atoms with van der Waals surface area (Å²) in [5.41, 5.74) is 1.80. The van der Waals surface area contributed by atoms with Crippen LogP contribution in [0.1, 0.15) is 44.9 Å². The maximum atomic E-state index is 12.7. The monoisotopic (exact) mass is 433 g/mol. The normalized spacial score (nSPS) is 19.4. The van der Waals surface area contributed by atoms with Crippen molar-refractivity contribution in [1.82, 2.24) is 15.0 Å². The number of aromatic nitrogens is 3. The minimum Gasteiger partial charge on any atom is -0.490 e. The van der Waals surface area contributed by atoms with Crippen LogP contribution in [-0.4, -0.2) is 46.5 Å². The molecule has 7 nitrogen and oxygen atoms in total. The van der Waals surface area contributed by atoms with Gasteiger partial charge >= 0.3 is 0 Å². The lowest BCUT2D eigenvalue weighted by atomic mass is 9.92. The molecule has 2 aromatic heterocycles. The zero-order chi connectivity index (χ0) is 21.8. The van der Waals surface area contributed by atoms with Gasteiger partial charge in [0.05, 0.1) is 18.0 Å². The largest absolute Gasteiger partial charge is 0.490 e. The van der Waals surface area contributed by atoms with Crippen LogP contribution in [0.3, 0.4) is 0 Å². The zero-order valence-electron chi connectivity index (χ0n) is 18.4. The van der Waals surface area contributed by atoms with Gasteiger partial charge in [-0.15, -0.1) is 0 Å². The van der Waals surface area contributed by atoms with E-state index >= 15 is 0 Å². The van der Waals surface area contributed by atoms with Crippen LogP contribution in [0.25, 0.3) is 11.0 Å². The van der Waals surface area contributed by atoms with Gasteiger partial charge in [-0.3, -0.25) is 4.79 Å². The number of anilines is 2. The smallest absolute Gasteiger partial charge is 0.152 e. The summed E-state index contributed by atoms with van der Waals surface area (Å²) >= 11 is 0. The molecule has 0 radical (unpaired) electrons. The summed E-state index contributed by atoms with van der Waals surface area (Å²) in [4.78, 5) is 27.0. The van der Waals surface area contributed by atoms with Crippen molar-refractivity contribution >= 4 is 28.3 Å². The van der Waals surface area contributed by atoms with Crippen LogP contribution in [0.5, 0.6) is 5.75 Å². The maximum Gasteiger partial charge on any atom is 0.152 e. The Morgan fingerprint density at radius 3 is 2.97 bits per heavy atom. The minimum atomic E-state index is 0.244. The predicted octanol–water partition coefficient (Wildman–Crippen LogP) is 4.57. The lowest BCUT2D eigenvalue weighted by Crippen LogP contribution is -2.37. The first-order valence-corrected chi connectivity index (χ1v) is 11.8. The van der Waals surface area contributed by atoms with E-state index in [4.69, 9.17) is 4.74 Å². The predicted molar refractivity (Wildman–Crippen MR) is 126 cm³/mol. The zero-order valence-corrected chi connectivity index (χ0v) is 18.4. The second-order valence-corrected chi connectivity index (χ2v) is 9.04. The SMILES string of the molecule is O=C(CNc1cccc(OC2CCCC2)c1)C[C@@H]1CCCN(c2ncnc3[nH]ccc23)C1. The highest BCUT2D eigenvalue weighted by atomic mass is 16.5. The number of aromatic amines is 1. The quantitative estimate of drug-likeness (QED) is 0.542. The summed E-state index contributed by atoms with van der Waals surface area (Å²) in [5, 5.41) is 4.34. The molecule has 3 aromatic rings. The molecular formula is C25H31N5O2. The summed E-state index contributed by atoms with van der Waals surface area (Å²) in [6.07, 6.45) is 11.4. The van der Waals surface area contributed by atoms with E-state index in [0.29, 0.717) is 25.0 Å². The summed E-state index contributed by atoms with van der Waals surface area (Å²) in [6, 6.07) is 10.0. The number of hydrogen-bond acceptors (Lipinski definition) is 6. The van der Waals surface area contributed by atoms with Gasteiger partial charge in [0, 0.05) is 37.5 Å². The number of nitrogens with one attached hydrogen (secondary N) is 2. The number of ether oxygens (including phenoxy) is 1. The molecule has 2 fully saturated rings. The Bertz CT molecular complexity index is 1060. The first kappa shape index (κ1) is 20.8. The molecule has 0 spiro atoms. The second-order valence-electron chi connectivity index (χ2n) is 9.04. The van der Waals surface area contributed by atoms with Crippen molar-refractivity contribution in [3.63, 3.8) is 0 Å². The molecule has 3 heterocycles. The molecule has 2 aliphatic rings. The fourth-order valence-corrected chi connectivity index (χ4v) is 5.01. The molecule has 1 aliphatic heterocycles. The summed E-state index contributed by atoms with van der Waals surface area (Å²) in [5.74, 6) is 2.44. The standard InChI is InChI=1S/C25H31N5O2/c31-20(15-27-19-6-3-9-22(14-19)32-21-7-1-2-8-21)13-18-5-4-12-30(16-18)25-23-10-11-26-24(23)28-17-29-25/h3,6,9-11,14,17-18,21,27H,1-2,4-5,7-8,12-13,15-16H2,(H,26,28,29)/t18-/m0/s1. The van der Waals surface area contributed by atoms with E-state index < -0.39 is 0 Å². The van der Waals surface area contributed by atoms with E-state index in [1.807, 2.05) is 36.5 Å². The number of fused-ring (bicyclic) bond motifs is 1. The van der Waals surface area contributed by atoms with Gasteiger partial charge in [-0.05, 0) is 62.6 Å². The molecular weight excluding hydrogens is 402 g/mol. The molecule has 1 saturated carbocycles. The first-order valence-electron chi connectivity index (χ1n) is 11.8. The highest BCUT2D eigenvalue weighted by Gasteiger charge is 2.24. The number of benzene rings is 1. The van der Waals surface area contributed by atoms with E-state index in [1.54, 1.807) is 6.33 Å². The van der Waals surface area contributed by atoms with Crippen molar-refractivity contribution < 1.29 is 9.53 Å². The Balaban J connectivity index is 1.14. The Hall–Kier alpha value is -3.09. The van der Waals surface area contributed by atoms with Crippen LogP contribution < -0.4 is 15.0 Å². The van der Waals surface area contributed by atoms with Crippen molar-refractivity contribution in [1.29, 1.82) is 0 Å². The molecule has 32 heavy (non-hydrogen) atoms. The fourth-order valence-electron chi connectivity index (χ4n) is 5.01. The molecule has 0 amide bonds. The molecule has 1 aliphatic carbocycles. The van der Waals surface area contributed by atoms with Crippen molar-refractivity contribution in [2.45, 2.75) is 51.0 Å². The van der Waals surface area contributed by atoms with Crippen molar-refractivity contribution in [3.8, 4) is 5.75 Å². The Labute approximate surface area is 188 Å². The number of ketones is 1. The van der Waals surface area contributed by atoms with Gasteiger partial charge in [0.2, 0.25) is 0 Å². The Morgan fingerprint density at radius 1 is 1.16 bits per heavy atom. The topological polar surface area (TPSA) is 83.1 Å². The second kappa shape index (κ2) is 9.59. The molecule has 2 N–H and O–H groups in total. The number of carbonyl (C=O) groups is 1. The van der Waals surface area contributed by atoms with Gasteiger partial charge in [0.1, 0.15) is 23.5 Å². The van der Waals surface area contributed by atoms with Crippen LogP contribution >= 0.6 is 0 Å². The van der Waals surface area contributed by atoms with Gasteiger partial charge < -0.3 is 19.9 Å². The maximum absolute atomic E-state index is 12.7. The summed E-state index contributed by atoms with van der Waals surface area (Å²) in [6.45, 7) is 2.17. The van der Waals surface area contributed by atoms with Gasteiger partial charge in [-0.2, -0.15) is 0 Å². The Kier molecular flexibility index (Phi) is 6.23. The number of rotatable bonds is 8. The molecule has 7 heteroatoms. The molecule has 5 rings (SSSR count). The third kappa shape index (κ3) is 4.87. The summed E-state index contributed by atoms with van der Waals surface area (Å²) < 4.78 is 6.08. The molecule has 0 bridgehead atoms. The van der Waals surface area contributed by atoms with Gasteiger partial charge in [0.25, 0.3) is 0 Å². The molecule has 1 aromatic carbocycles. The third-order valence-corrected chi connectivity index (χ3v) is 6.60. The van der Waals surface area contributed by atoms with E-state index in [1.165, 1.54) is 12.8 Å². The van der Waals surface area contributed by atoms with E-state index in [-0.39, 0.29) is 5.78 Å². The van der Waals surface area contributed by atoms with Gasteiger partial charge in [-0.25, -0.2) is 9.97 Å². The molecule has 1 atom stereocenters. The summed E-state index contributed by atoms with van der Waals surface area (Å²) in [7, 11) is 0. The third-order valence-electron chi connectivity index (χ3n) is 6.60. The van der Waals surface area contributed by atoms with Crippen LogP contribution in [-0.2, 0) is 4.79 Å². The number of carbonyl (C=O) groups excluding carboxylic acids is 1. The average Bonchev–Trinajstić information content (AvgIpc) is 3.50. The van der Waals surface area contributed by atoms with Crippen LogP contribution in [0, 0.1) is 5.92 Å². The van der Waals surface area contributed by atoms with Crippen molar-refractivity contribution in [2.24, 2.45) is 5.92 Å². The van der Waals surface area contributed by atoms with E-state index in [9.17, 15) is 4.79 Å². The van der Waals surface area contributed by atoms with Gasteiger partial charge in [0.15, 0.2) is 5.78 Å². The van der Waals surface area contributed by atoms with Crippen LogP contribution in [0.15, 0.2) is 42.9 Å². The number of H-pyrrole nitrogens is 1. The van der Waals surface area contributed by atoms with Crippen LogP contribution in [0.2, 0.25) is 0 Å². The van der Waals surface area contributed by atoms with Crippen molar-refractivity contribution in [2.75, 3.05) is 29.9 Å². The van der Waals surface area contributed by atoms with Crippen molar-refractivity contribution in [3.05, 3.63) is 42.9 Å². The number of Topliss-reactive ketones (excluding diaryl/α,β-unsaturated/α-hetero) is 1. The van der Waals surface area contributed by atoms with E-state index in [2.05, 4.69) is 25.2 Å². The lowest BCUT2D eigenvalue weighted by molar-refractivity contribution is -0.118. The minimum absolute atomic E-state index is 0.244. The van der Waals surface area contributed by atoms with E-state index in [0.717, 1.165) is 67.1 Å². The highest BCUT2D eigenvalue weighted by molar-refractivity contribution is 5.87. The molecule has 0 unspecified atom stereocenters. The number of piperidine rings is 1. The fraction of sp³-hybridized carbons (Fsp3) is 0.480. The number of nitrogens with zero attached hydrogens (tertiary/aromatic N) is 3. The Morgan fingerprint density at radius 2 is 2.06 bits per heavy atom. The first-order chi connectivity index (χ1) is 15.7. The van der Waals surface area contributed by atoms with Gasteiger partial charge in [-0.1, -0.05) is 6.07 Å². The average molecular weight is 434 g/mol. The highest BCUT2D eigenvalue weighted by Crippen LogP contribution is 2.29. The lowest BCUT2D eigenvalue weighted by Gasteiger charge is -2.33. The van der Waals surface area contributed by atoms with Crippen LogP contribution in [0.4, 0.5) is 11.5 Å². The number of hydrogen-bond donors (Lipinski definition) is 2.